The van der Waals surface area contributed by atoms with Crippen molar-refractivity contribution >= 4 is 39.9 Å². The number of rotatable bonds is 3. The summed E-state index contributed by atoms with van der Waals surface area (Å²) in [7, 11) is 0. The number of fused-ring (bicyclic) bond motifs is 1. The number of pyridine rings is 1. The summed E-state index contributed by atoms with van der Waals surface area (Å²) >= 11 is 11.8. The molecule has 1 aliphatic rings. The van der Waals surface area contributed by atoms with Crippen LogP contribution in [0.5, 0.6) is 0 Å². The zero-order valence-electron chi connectivity index (χ0n) is 14.8. The van der Waals surface area contributed by atoms with Gasteiger partial charge in [-0.1, -0.05) is 65.7 Å². The number of nitrogens with one attached hydrogen (secondary N) is 1. The van der Waals surface area contributed by atoms with Crippen LogP contribution in [0, 0.1) is 0 Å². The minimum absolute atomic E-state index is 0.0368. The van der Waals surface area contributed by atoms with Crippen molar-refractivity contribution in [2.75, 3.05) is 26.2 Å². The third-order valence-electron chi connectivity index (χ3n) is 5.12. The Labute approximate surface area is 168 Å². The summed E-state index contributed by atoms with van der Waals surface area (Å²) in [5.74, 6) is -0.0368. The number of nitrogens with zero attached hydrogens (tertiary/aromatic N) is 2. The maximum Gasteiger partial charge on any atom is 0.255 e. The summed E-state index contributed by atoms with van der Waals surface area (Å²) in [6, 6.07) is 16.6. The van der Waals surface area contributed by atoms with Gasteiger partial charge in [-0.25, -0.2) is 4.98 Å². The number of carbonyl (C=O) groups excluding carboxylic acids is 1. The third-order valence-corrected chi connectivity index (χ3v) is 5.81. The quantitative estimate of drug-likeness (QED) is 0.685. The Bertz CT molecular complexity index is 979. The Hall–Kier alpha value is -2.14. The molecule has 1 amide bonds. The van der Waals surface area contributed by atoms with Crippen LogP contribution >= 0.6 is 23.2 Å². The lowest BCUT2D eigenvalue weighted by Crippen LogP contribution is -3.13. The lowest BCUT2D eigenvalue weighted by atomic mass is 10.0. The number of aromatic nitrogens is 1. The molecule has 0 bridgehead atoms. The number of halogens is 2. The van der Waals surface area contributed by atoms with Crippen molar-refractivity contribution in [1.82, 2.24) is 9.88 Å². The predicted molar refractivity (Wildman–Crippen MR) is 109 cm³/mol. The highest BCUT2D eigenvalue weighted by molar-refractivity contribution is 6.41. The fourth-order valence-corrected chi connectivity index (χ4v) is 3.91. The van der Waals surface area contributed by atoms with Gasteiger partial charge in [0, 0.05) is 11.8 Å². The van der Waals surface area contributed by atoms with Gasteiger partial charge in [-0.15, -0.1) is 0 Å². The molecule has 1 saturated heterocycles. The number of hydrogen-bond acceptors (Lipinski definition) is 2. The van der Waals surface area contributed by atoms with Crippen molar-refractivity contribution in [2.45, 2.75) is 6.54 Å². The van der Waals surface area contributed by atoms with E-state index in [1.165, 1.54) is 27.4 Å². The molecule has 138 valence electrons. The molecule has 1 N–H and O–H groups in total. The van der Waals surface area contributed by atoms with E-state index in [1.807, 2.05) is 4.90 Å². The molecule has 4 nitrogen and oxygen atoms in total. The second-order valence-electron chi connectivity index (χ2n) is 6.85. The molecular formula is C21H20Cl2N3O+. The van der Waals surface area contributed by atoms with Gasteiger partial charge in [-0.2, -0.15) is 0 Å². The van der Waals surface area contributed by atoms with Gasteiger partial charge < -0.3 is 9.80 Å². The van der Waals surface area contributed by atoms with E-state index in [9.17, 15) is 4.79 Å². The SMILES string of the molecule is O=C(c1cnc(Cl)c(Cl)c1)N1CC[NH+](Cc2cccc3ccccc23)CC1. The Morgan fingerprint density at radius 2 is 1.81 bits per heavy atom. The number of hydrogen-bond donors (Lipinski definition) is 1. The lowest BCUT2D eigenvalue weighted by Gasteiger charge is -2.32. The van der Waals surface area contributed by atoms with Gasteiger partial charge in [0.25, 0.3) is 5.91 Å². The second-order valence-corrected chi connectivity index (χ2v) is 7.62. The van der Waals surface area contributed by atoms with E-state index in [-0.39, 0.29) is 11.1 Å². The molecule has 1 aliphatic heterocycles. The Morgan fingerprint density at radius 3 is 2.59 bits per heavy atom. The van der Waals surface area contributed by atoms with E-state index in [0.29, 0.717) is 10.6 Å². The van der Waals surface area contributed by atoms with E-state index in [0.717, 1.165) is 32.7 Å². The molecule has 27 heavy (non-hydrogen) atoms. The van der Waals surface area contributed by atoms with E-state index < -0.39 is 0 Å². The van der Waals surface area contributed by atoms with Gasteiger partial charge in [-0.3, -0.25) is 4.79 Å². The van der Waals surface area contributed by atoms with Gasteiger partial charge in [-0.05, 0) is 16.8 Å². The van der Waals surface area contributed by atoms with Gasteiger partial charge in [0.1, 0.15) is 11.7 Å². The number of quaternary nitrogens is 1. The van der Waals surface area contributed by atoms with E-state index in [4.69, 9.17) is 23.2 Å². The van der Waals surface area contributed by atoms with Crippen molar-refractivity contribution in [1.29, 1.82) is 0 Å². The maximum absolute atomic E-state index is 12.7. The molecule has 0 spiro atoms. The first-order valence-corrected chi connectivity index (χ1v) is 9.78. The first-order chi connectivity index (χ1) is 13.1. The number of carbonyl (C=O) groups is 1. The average Bonchev–Trinajstić information content (AvgIpc) is 2.70. The van der Waals surface area contributed by atoms with Crippen molar-refractivity contribution < 1.29 is 9.69 Å². The summed E-state index contributed by atoms with van der Waals surface area (Å²) in [5, 5.41) is 3.11. The van der Waals surface area contributed by atoms with Crippen LogP contribution in [0.15, 0.2) is 54.7 Å². The normalized spacial score (nSPS) is 15.3. The van der Waals surface area contributed by atoms with E-state index >= 15 is 0 Å². The maximum atomic E-state index is 12.7. The second kappa shape index (κ2) is 7.85. The molecule has 0 aliphatic carbocycles. The van der Waals surface area contributed by atoms with Crippen molar-refractivity contribution in [3.05, 3.63) is 76.0 Å². The minimum atomic E-state index is -0.0368. The first-order valence-electron chi connectivity index (χ1n) is 9.02. The summed E-state index contributed by atoms with van der Waals surface area (Å²) in [4.78, 5) is 20.0. The van der Waals surface area contributed by atoms with Gasteiger partial charge in [0.15, 0.2) is 0 Å². The van der Waals surface area contributed by atoms with Crippen LogP contribution < -0.4 is 4.90 Å². The van der Waals surface area contributed by atoms with Crippen LogP contribution in [0.3, 0.4) is 0 Å². The van der Waals surface area contributed by atoms with Crippen LogP contribution in [0.1, 0.15) is 15.9 Å². The topological polar surface area (TPSA) is 37.6 Å². The number of piperazine rings is 1. The standard InChI is InChI=1S/C21H19Cl2N3O/c22-19-12-17(13-24-20(19)23)21(27)26-10-8-25(9-11-26)14-16-6-3-5-15-4-1-2-7-18(15)16/h1-7,12-13H,8-11,14H2/p+1. The van der Waals surface area contributed by atoms with Gasteiger partial charge in [0.2, 0.25) is 0 Å². The molecule has 0 unspecified atom stereocenters. The summed E-state index contributed by atoms with van der Waals surface area (Å²) in [5.41, 5.74) is 1.85. The fourth-order valence-electron chi connectivity index (χ4n) is 3.64. The fraction of sp³-hybridized carbons (Fsp3) is 0.238. The van der Waals surface area contributed by atoms with Crippen LogP contribution in [0.2, 0.25) is 10.2 Å². The third kappa shape index (κ3) is 3.93. The molecule has 1 fully saturated rings. The highest BCUT2D eigenvalue weighted by Crippen LogP contribution is 2.21. The van der Waals surface area contributed by atoms with Crippen molar-refractivity contribution in [3.63, 3.8) is 0 Å². The molecule has 3 aromatic rings. The molecule has 0 radical (unpaired) electrons. The molecule has 0 saturated carbocycles. The molecule has 4 rings (SSSR count). The summed E-state index contributed by atoms with van der Waals surface area (Å²) in [6.45, 7) is 4.25. The molecule has 2 heterocycles. The highest BCUT2D eigenvalue weighted by Gasteiger charge is 2.25. The van der Waals surface area contributed by atoms with E-state index in [2.05, 4.69) is 47.4 Å². The predicted octanol–water partition coefficient (Wildman–Crippen LogP) is 3.08. The number of amides is 1. The van der Waals surface area contributed by atoms with Crippen LogP contribution in [-0.4, -0.2) is 42.0 Å². The molecule has 2 aromatic carbocycles. The van der Waals surface area contributed by atoms with Crippen molar-refractivity contribution in [2.24, 2.45) is 0 Å². The van der Waals surface area contributed by atoms with Crippen molar-refractivity contribution in [3.8, 4) is 0 Å². The first kappa shape index (κ1) is 18.2. The molecule has 6 heteroatoms. The van der Waals surface area contributed by atoms with Crippen LogP contribution in [-0.2, 0) is 6.54 Å². The molecule has 1 aromatic heterocycles. The Morgan fingerprint density at radius 1 is 1.07 bits per heavy atom. The van der Waals surface area contributed by atoms with E-state index in [1.54, 1.807) is 6.07 Å². The molecule has 0 atom stereocenters. The zero-order chi connectivity index (χ0) is 18.8. The molecular weight excluding hydrogens is 381 g/mol. The van der Waals surface area contributed by atoms with Crippen LogP contribution in [0.25, 0.3) is 10.8 Å². The Balaban J connectivity index is 1.41. The van der Waals surface area contributed by atoms with Gasteiger partial charge in [0.05, 0.1) is 36.8 Å². The average molecular weight is 401 g/mol. The summed E-state index contributed by atoms with van der Waals surface area (Å²) in [6.07, 6.45) is 1.49. The zero-order valence-corrected chi connectivity index (χ0v) is 16.3. The number of benzene rings is 2. The largest absolute Gasteiger partial charge is 0.328 e. The highest BCUT2D eigenvalue weighted by atomic mass is 35.5. The smallest absolute Gasteiger partial charge is 0.255 e. The Kier molecular flexibility index (Phi) is 5.30. The minimum Gasteiger partial charge on any atom is -0.328 e. The van der Waals surface area contributed by atoms with Crippen LogP contribution in [0.4, 0.5) is 0 Å². The lowest BCUT2D eigenvalue weighted by molar-refractivity contribution is -0.917. The summed E-state index contributed by atoms with van der Waals surface area (Å²) < 4.78 is 0. The van der Waals surface area contributed by atoms with Gasteiger partial charge >= 0.3 is 0 Å². The monoisotopic (exact) mass is 400 g/mol.